The minimum Gasteiger partial charge on any atom is -0.486 e. The number of halogens is 1. The normalized spacial score (nSPS) is 12.9. The SMILES string of the molecule is Fc1cnccc1-c1ccc2nc(NCc3cccc4c3OCCO4)sc2c1. The van der Waals surface area contributed by atoms with Gasteiger partial charge in [-0.15, -0.1) is 0 Å². The van der Waals surface area contributed by atoms with E-state index in [2.05, 4.69) is 15.3 Å². The maximum Gasteiger partial charge on any atom is 0.184 e. The van der Waals surface area contributed by atoms with Crippen molar-refractivity contribution in [2.45, 2.75) is 6.54 Å². The van der Waals surface area contributed by atoms with Crippen molar-refractivity contribution >= 4 is 26.7 Å². The predicted octanol–water partition coefficient (Wildman–Crippen LogP) is 4.88. The predicted molar refractivity (Wildman–Crippen MR) is 108 cm³/mol. The minimum absolute atomic E-state index is 0.333. The smallest absolute Gasteiger partial charge is 0.184 e. The second-order valence-corrected chi connectivity index (χ2v) is 7.38. The molecule has 5 nitrogen and oxygen atoms in total. The maximum atomic E-state index is 14.0. The second-order valence-electron chi connectivity index (χ2n) is 6.35. The molecule has 3 heterocycles. The third-order valence-electron chi connectivity index (χ3n) is 4.55. The van der Waals surface area contributed by atoms with E-state index in [4.69, 9.17) is 9.47 Å². The van der Waals surface area contributed by atoms with Gasteiger partial charge in [0.25, 0.3) is 0 Å². The molecule has 1 aliphatic rings. The van der Waals surface area contributed by atoms with Gasteiger partial charge in [0.05, 0.1) is 16.4 Å². The second kappa shape index (κ2) is 7.09. The van der Waals surface area contributed by atoms with Crippen molar-refractivity contribution in [3.63, 3.8) is 0 Å². The zero-order chi connectivity index (χ0) is 18.9. The Balaban J connectivity index is 1.40. The first-order valence-electron chi connectivity index (χ1n) is 8.90. The largest absolute Gasteiger partial charge is 0.486 e. The summed E-state index contributed by atoms with van der Waals surface area (Å²) in [7, 11) is 0. The molecule has 0 radical (unpaired) electrons. The molecule has 2 aromatic heterocycles. The molecule has 0 aliphatic carbocycles. The van der Waals surface area contributed by atoms with Crippen LogP contribution in [0.25, 0.3) is 21.3 Å². The Hall–Kier alpha value is -3.19. The summed E-state index contributed by atoms with van der Waals surface area (Å²) in [6, 6.07) is 13.3. The highest BCUT2D eigenvalue weighted by Crippen LogP contribution is 2.35. The molecule has 140 valence electrons. The van der Waals surface area contributed by atoms with Crippen LogP contribution in [0.2, 0.25) is 0 Å². The van der Waals surface area contributed by atoms with E-state index in [0.29, 0.717) is 25.3 Å². The topological polar surface area (TPSA) is 56.3 Å². The maximum absolute atomic E-state index is 14.0. The van der Waals surface area contributed by atoms with Gasteiger partial charge in [-0.25, -0.2) is 9.37 Å². The van der Waals surface area contributed by atoms with Gasteiger partial charge in [-0.2, -0.15) is 0 Å². The first-order valence-corrected chi connectivity index (χ1v) is 9.71. The average Bonchev–Trinajstić information content (AvgIpc) is 3.14. The standard InChI is InChI=1S/C21H16FN3O2S/c22-16-12-23-7-6-15(16)13-4-5-17-19(10-13)28-21(25-17)24-11-14-2-1-3-18-20(14)27-9-8-26-18/h1-7,10,12H,8-9,11H2,(H,24,25). The van der Waals surface area contributed by atoms with Gasteiger partial charge in [0, 0.05) is 23.9 Å². The molecule has 0 atom stereocenters. The Morgan fingerprint density at radius 1 is 1.11 bits per heavy atom. The quantitative estimate of drug-likeness (QED) is 0.535. The fourth-order valence-electron chi connectivity index (χ4n) is 3.22. The molecule has 1 aliphatic heterocycles. The highest BCUT2D eigenvalue weighted by atomic mass is 32.1. The Kier molecular flexibility index (Phi) is 4.29. The van der Waals surface area contributed by atoms with Gasteiger partial charge in [0.2, 0.25) is 0 Å². The van der Waals surface area contributed by atoms with E-state index in [1.807, 2.05) is 36.4 Å². The summed E-state index contributed by atoms with van der Waals surface area (Å²) in [6.45, 7) is 1.71. The lowest BCUT2D eigenvalue weighted by Gasteiger charge is -2.20. The Labute approximate surface area is 164 Å². The van der Waals surface area contributed by atoms with Gasteiger partial charge in [0.15, 0.2) is 16.6 Å². The number of nitrogens with one attached hydrogen (secondary N) is 1. The number of nitrogens with zero attached hydrogens (tertiary/aromatic N) is 2. The van der Waals surface area contributed by atoms with Crippen LogP contribution in [0.4, 0.5) is 9.52 Å². The number of ether oxygens (including phenoxy) is 2. The van der Waals surface area contributed by atoms with Crippen LogP contribution in [0.1, 0.15) is 5.56 Å². The van der Waals surface area contributed by atoms with E-state index in [1.165, 1.54) is 17.5 Å². The molecule has 0 saturated heterocycles. The van der Waals surface area contributed by atoms with Crippen molar-refractivity contribution < 1.29 is 13.9 Å². The van der Waals surface area contributed by atoms with Gasteiger partial charge in [-0.05, 0) is 29.8 Å². The molecule has 28 heavy (non-hydrogen) atoms. The number of benzene rings is 2. The van der Waals surface area contributed by atoms with Crippen molar-refractivity contribution in [3.8, 4) is 22.6 Å². The molecule has 0 bridgehead atoms. The van der Waals surface area contributed by atoms with Crippen LogP contribution in [0.3, 0.4) is 0 Å². The fourth-order valence-corrected chi connectivity index (χ4v) is 4.12. The van der Waals surface area contributed by atoms with Gasteiger partial charge in [-0.3, -0.25) is 4.98 Å². The molecule has 2 aromatic carbocycles. The molecular formula is C21H16FN3O2S. The Morgan fingerprint density at radius 2 is 2.04 bits per heavy atom. The number of rotatable bonds is 4. The van der Waals surface area contributed by atoms with Crippen molar-refractivity contribution in [3.05, 3.63) is 66.2 Å². The van der Waals surface area contributed by atoms with Crippen molar-refractivity contribution in [1.82, 2.24) is 9.97 Å². The fraction of sp³-hybridized carbons (Fsp3) is 0.143. The first-order chi connectivity index (χ1) is 13.8. The number of anilines is 1. The summed E-state index contributed by atoms with van der Waals surface area (Å²) in [5.41, 5.74) is 3.24. The van der Waals surface area contributed by atoms with Crippen LogP contribution in [-0.2, 0) is 6.54 Å². The molecule has 0 saturated carbocycles. The molecular weight excluding hydrogens is 377 g/mol. The third-order valence-corrected chi connectivity index (χ3v) is 5.53. The summed E-state index contributed by atoms with van der Waals surface area (Å²) < 4.78 is 26.4. The van der Waals surface area contributed by atoms with Gasteiger partial charge >= 0.3 is 0 Å². The zero-order valence-corrected chi connectivity index (χ0v) is 15.6. The van der Waals surface area contributed by atoms with Crippen LogP contribution in [0.5, 0.6) is 11.5 Å². The number of hydrogen-bond donors (Lipinski definition) is 1. The van der Waals surface area contributed by atoms with Gasteiger partial charge < -0.3 is 14.8 Å². The van der Waals surface area contributed by atoms with Crippen LogP contribution < -0.4 is 14.8 Å². The molecule has 0 fully saturated rings. The van der Waals surface area contributed by atoms with E-state index in [1.54, 1.807) is 12.3 Å². The summed E-state index contributed by atoms with van der Waals surface area (Å²) >= 11 is 1.54. The summed E-state index contributed by atoms with van der Waals surface area (Å²) in [4.78, 5) is 8.43. The van der Waals surface area contributed by atoms with E-state index in [9.17, 15) is 4.39 Å². The van der Waals surface area contributed by atoms with E-state index >= 15 is 0 Å². The van der Waals surface area contributed by atoms with E-state index in [0.717, 1.165) is 38.0 Å². The highest BCUT2D eigenvalue weighted by Gasteiger charge is 2.16. The summed E-state index contributed by atoms with van der Waals surface area (Å²) in [5.74, 6) is 1.23. The molecule has 0 unspecified atom stereocenters. The van der Waals surface area contributed by atoms with Crippen LogP contribution in [0, 0.1) is 5.82 Å². The number of pyridine rings is 1. The number of thiazole rings is 1. The van der Waals surface area contributed by atoms with E-state index < -0.39 is 0 Å². The summed E-state index contributed by atoms with van der Waals surface area (Å²) in [5, 5.41) is 4.16. The number of para-hydroxylation sites is 1. The third kappa shape index (κ3) is 3.14. The lowest BCUT2D eigenvalue weighted by Crippen LogP contribution is -2.17. The summed E-state index contributed by atoms with van der Waals surface area (Å²) in [6.07, 6.45) is 2.82. The highest BCUT2D eigenvalue weighted by molar-refractivity contribution is 7.22. The lowest BCUT2D eigenvalue weighted by molar-refractivity contribution is 0.170. The molecule has 1 N–H and O–H groups in total. The zero-order valence-electron chi connectivity index (χ0n) is 14.8. The van der Waals surface area contributed by atoms with Gasteiger partial charge in [-0.1, -0.05) is 29.5 Å². The van der Waals surface area contributed by atoms with Crippen molar-refractivity contribution in [2.24, 2.45) is 0 Å². The first kappa shape index (κ1) is 16.9. The Morgan fingerprint density at radius 3 is 2.96 bits per heavy atom. The lowest BCUT2D eigenvalue weighted by atomic mass is 10.1. The van der Waals surface area contributed by atoms with Crippen LogP contribution in [-0.4, -0.2) is 23.2 Å². The molecule has 0 amide bonds. The van der Waals surface area contributed by atoms with E-state index in [-0.39, 0.29) is 5.82 Å². The Bertz CT molecular complexity index is 1160. The van der Waals surface area contributed by atoms with Crippen molar-refractivity contribution in [2.75, 3.05) is 18.5 Å². The van der Waals surface area contributed by atoms with Crippen molar-refractivity contribution in [1.29, 1.82) is 0 Å². The van der Waals surface area contributed by atoms with Gasteiger partial charge in [0.1, 0.15) is 19.0 Å². The monoisotopic (exact) mass is 393 g/mol. The van der Waals surface area contributed by atoms with Crippen LogP contribution >= 0.6 is 11.3 Å². The number of aromatic nitrogens is 2. The number of fused-ring (bicyclic) bond motifs is 2. The average molecular weight is 393 g/mol. The molecule has 5 rings (SSSR count). The molecule has 0 spiro atoms. The van der Waals surface area contributed by atoms with Crippen LogP contribution in [0.15, 0.2) is 54.9 Å². The number of hydrogen-bond acceptors (Lipinski definition) is 6. The molecule has 7 heteroatoms. The molecule has 4 aromatic rings. The minimum atomic E-state index is -0.333.